The molecule has 14 N–H and O–H groups in total. The summed E-state index contributed by atoms with van der Waals surface area (Å²) in [4.78, 5) is 116. The van der Waals surface area contributed by atoms with Crippen molar-refractivity contribution in [3.63, 3.8) is 0 Å². The van der Waals surface area contributed by atoms with E-state index >= 15 is 0 Å². The van der Waals surface area contributed by atoms with Gasteiger partial charge in [-0.05, 0) is 67.4 Å². The van der Waals surface area contributed by atoms with Crippen molar-refractivity contribution in [2.24, 2.45) is 23.1 Å². The number of primary amides is 2. The zero-order valence-corrected chi connectivity index (χ0v) is 35.3. The fraction of sp³-hybridized carbons (Fsp3) is 0.475. The van der Waals surface area contributed by atoms with Crippen molar-refractivity contribution < 1.29 is 53.4 Å². The number of benzene rings is 2. The lowest BCUT2D eigenvalue weighted by Gasteiger charge is -2.28. The average molecular weight is 872 g/mol. The molecule has 0 fully saturated rings. The number of thioether (sulfide) groups is 1. The molecule has 21 heteroatoms. The molecule has 2 aromatic carbocycles. The Balaban J connectivity index is 2.29. The molecule has 20 nitrogen and oxygen atoms in total. The molecule has 2 rings (SSSR count). The predicted octanol–water partition coefficient (Wildman–Crippen LogP) is -1.93. The van der Waals surface area contributed by atoms with E-state index in [9.17, 15) is 48.3 Å². The molecule has 0 aliphatic carbocycles. The van der Waals surface area contributed by atoms with E-state index in [1.807, 2.05) is 0 Å². The van der Waals surface area contributed by atoms with Gasteiger partial charge in [0.15, 0.2) is 0 Å². The van der Waals surface area contributed by atoms with Crippen LogP contribution < -0.4 is 49.1 Å². The lowest BCUT2D eigenvalue weighted by atomic mass is 10.0. The molecule has 0 saturated heterocycles. The number of carbonyl (C=O) groups is 9. The van der Waals surface area contributed by atoms with Crippen molar-refractivity contribution in [3.8, 4) is 5.75 Å². The van der Waals surface area contributed by atoms with Crippen LogP contribution in [0.2, 0.25) is 0 Å². The molecule has 0 radical (unpaired) electrons. The van der Waals surface area contributed by atoms with Crippen molar-refractivity contribution in [1.82, 2.24) is 31.9 Å². The highest BCUT2D eigenvalue weighted by molar-refractivity contribution is 7.98. The number of phenols is 1. The molecule has 334 valence electrons. The summed E-state index contributed by atoms with van der Waals surface area (Å²) in [5, 5.41) is 33.7. The largest absolute Gasteiger partial charge is 0.508 e. The van der Waals surface area contributed by atoms with Gasteiger partial charge in [-0.2, -0.15) is 11.8 Å². The molecular weight excluding hydrogens is 815 g/mol. The molecular formula is C40H57N9O11S. The molecule has 0 saturated carbocycles. The van der Waals surface area contributed by atoms with Crippen molar-refractivity contribution in [2.45, 2.75) is 102 Å². The van der Waals surface area contributed by atoms with Crippen LogP contribution in [-0.2, 0) is 56.0 Å². The van der Waals surface area contributed by atoms with E-state index in [1.165, 1.54) is 30.8 Å². The molecule has 0 spiro atoms. The summed E-state index contributed by atoms with van der Waals surface area (Å²) in [5.41, 5.74) is 18.0. The van der Waals surface area contributed by atoms with Gasteiger partial charge in [0.05, 0.1) is 12.5 Å². The lowest BCUT2D eigenvalue weighted by Crippen LogP contribution is -2.61. The Bertz CT molecular complexity index is 1850. The van der Waals surface area contributed by atoms with Crippen LogP contribution in [0.1, 0.15) is 57.6 Å². The third kappa shape index (κ3) is 18.3. The van der Waals surface area contributed by atoms with Crippen LogP contribution in [0, 0.1) is 5.92 Å². The van der Waals surface area contributed by atoms with Crippen LogP contribution in [0.3, 0.4) is 0 Å². The number of phenolic OH excluding ortho intramolecular Hbond substituents is 1. The molecule has 0 heterocycles. The number of rotatable bonds is 26. The minimum Gasteiger partial charge on any atom is -0.508 e. The van der Waals surface area contributed by atoms with Crippen LogP contribution in [0.4, 0.5) is 0 Å². The number of carboxylic acid groups (broad SMARTS) is 1. The van der Waals surface area contributed by atoms with Gasteiger partial charge in [-0.15, -0.1) is 0 Å². The van der Waals surface area contributed by atoms with Crippen molar-refractivity contribution in [3.05, 3.63) is 65.7 Å². The first-order valence-corrected chi connectivity index (χ1v) is 20.8. The number of nitrogens with two attached hydrogens (primary N) is 3. The number of hydrogen-bond acceptors (Lipinski definition) is 12. The molecule has 0 bridgehead atoms. The van der Waals surface area contributed by atoms with E-state index in [2.05, 4.69) is 31.9 Å². The highest BCUT2D eigenvalue weighted by atomic mass is 32.2. The molecule has 61 heavy (non-hydrogen) atoms. The summed E-state index contributed by atoms with van der Waals surface area (Å²) in [6.45, 7) is 4.58. The Morgan fingerprint density at radius 2 is 1.15 bits per heavy atom. The maximum Gasteiger partial charge on any atom is 0.305 e. The smallest absolute Gasteiger partial charge is 0.305 e. The van der Waals surface area contributed by atoms with Gasteiger partial charge in [-0.3, -0.25) is 43.2 Å². The standard InChI is InChI=1S/C40H57N9O11S/c1-21(2)33(40(60)46-28(16-17-61-4)37(57)47-29(34(43)54)20-32(52)53)49-38(58)27(14-15-31(42)51)45-39(59)30(19-23-8-6-5-7-9-23)48-35(55)22(3)44-36(56)26(41)18-24-10-12-25(50)13-11-24/h5-13,21-22,26-30,33,50H,14-20,41H2,1-4H3,(H2,42,51)(H2,43,54)(H,44,56)(H,45,59)(H,46,60)(H,47,57)(H,48,55)(H,49,58)(H,52,53)/t22-,26+,27+,28+,29+,30+,33-/m1/s1. The number of aromatic hydroxyl groups is 1. The quantitative estimate of drug-likeness (QED) is 0.0491. The van der Waals surface area contributed by atoms with Crippen LogP contribution in [0.15, 0.2) is 54.6 Å². The first kappa shape index (κ1) is 50.9. The highest BCUT2D eigenvalue weighted by Gasteiger charge is 2.34. The summed E-state index contributed by atoms with van der Waals surface area (Å²) in [7, 11) is 0. The van der Waals surface area contributed by atoms with Gasteiger partial charge in [0.25, 0.3) is 0 Å². The number of nitrogens with one attached hydrogen (secondary N) is 6. The van der Waals surface area contributed by atoms with Crippen molar-refractivity contribution >= 4 is 65.0 Å². The van der Waals surface area contributed by atoms with E-state index in [1.54, 1.807) is 62.6 Å². The topological polar surface area (TPSA) is 344 Å². The summed E-state index contributed by atoms with van der Waals surface area (Å²) < 4.78 is 0. The maximum atomic E-state index is 14.0. The Labute approximate surface area is 357 Å². The summed E-state index contributed by atoms with van der Waals surface area (Å²) in [6.07, 6.45) is 0.365. The van der Waals surface area contributed by atoms with Gasteiger partial charge in [0.2, 0.25) is 47.3 Å². The number of carboxylic acids is 1. The first-order valence-electron chi connectivity index (χ1n) is 19.4. The summed E-state index contributed by atoms with van der Waals surface area (Å²) in [5.74, 6) is -8.40. The van der Waals surface area contributed by atoms with E-state index in [4.69, 9.17) is 22.3 Å². The van der Waals surface area contributed by atoms with Crippen LogP contribution in [-0.4, -0.2) is 118 Å². The van der Waals surface area contributed by atoms with E-state index in [0.29, 0.717) is 16.9 Å². The predicted molar refractivity (Wildman–Crippen MR) is 225 cm³/mol. The molecule has 0 aliphatic rings. The number of amides is 8. The van der Waals surface area contributed by atoms with Gasteiger partial charge in [-0.1, -0.05) is 56.3 Å². The summed E-state index contributed by atoms with van der Waals surface area (Å²) >= 11 is 1.34. The Hall–Kier alpha value is -6.22. The minimum absolute atomic E-state index is 0.0397. The van der Waals surface area contributed by atoms with Crippen molar-refractivity contribution in [2.75, 3.05) is 12.0 Å². The highest BCUT2D eigenvalue weighted by Crippen LogP contribution is 2.12. The fourth-order valence-corrected chi connectivity index (χ4v) is 6.24. The Morgan fingerprint density at radius 3 is 1.70 bits per heavy atom. The number of aliphatic carboxylic acids is 1. The van der Waals surface area contributed by atoms with Crippen LogP contribution >= 0.6 is 11.8 Å². The van der Waals surface area contributed by atoms with E-state index < -0.39 is 108 Å². The van der Waals surface area contributed by atoms with Crippen LogP contribution in [0.5, 0.6) is 5.75 Å². The third-order valence-corrected chi connectivity index (χ3v) is 9.88. The fourth-order valence-electron chi connectivity index (χ4n) is 5.77. The summed E-state index contributed by atoms with van der Waals surface area (Å²) in [6, 6.07) is 5.49. The van der Waals surface area contributed by atoms with E-state index in [-0.39, 0.29) is 37.9 Å². The molecule has 2 aromatic rings. The third-order valence-electron chi connectivity index (χ3n) is 9.24. The second-order valence-corrected chi connectivity index (χ2v) is 15.6. The molecule has 0 aliphatic heterocycles. The SMILES string of the molecule is CSCC[C@H](NC(=O)[C@H](NC(=O)[C@H](CCC(N)=O)NC(=O)[C@H](Cc1ccccc1)NC(=O)[C@@H](C)NC(=O)[C@@H](N)Cc1ccc(O)cc1)C(C)C)C(=O)N[C@@H](CC(=O)O)C(N)=O. The van der Waals surface area contributed by atoms with Gasteiger partial charge in [0.1, 0.15) is 42.0 Å². The molecule has 0 aromatic heterocycles. The first-order chi connectivity index (χ1) is 28.7. The molecule has 8 amide bonds. The monoisotopic (exact) mass is 871 g/mol. The average Bonchev–Trinajstić information content (AvgIpc) is 3.19. The Morgan fingerprint density at radius 1 is 0.623 bits per heavy atom. The van der Waals surface area contributed by atoms with Crippen LogP contribution in [0.25, 0.3) is 0 Å². The zero-order chi connectivity index (χ0) is 45.8. The second-order valence-electron chi connectivity index (χ2n) is 14.7. The van der Waals surface area contributed by atoms with Gasteiger partial charge in [0, 0.05) is 12.8 Å². The van der Waals surface area contributed by atoms with E-state index in [0.717, 1.165) is 0 Å². The van der Waals surface area contributed by atoms with Gasteiger partial charge >= 0.3 is 5.97 Å². The maximum absolute atomic E-state index is 14.0. The number of carbonyl (C=O) groups excluding carboxylic acids is 8. The minimum atomic E-state index is -1.56. The van der Waals surface area contributed by atoms with Gasteiger partial charge < -0.3 is 59.3 Å². The zero-order valence-electron chi connectivity index (χ0n) is 34.5. The molecule has 7 atom stereocenters. The number of hydrogen-bond donors (Lipinski definition) is 11. The molecule has 0 unspecified atom stereocenters. The normalized spacial score (nSPS) is 14.4. The second kappa shape index (κ2) is 25.4. The lowest BCUT2D eigenvalue weighted by molar-refractivity contribution is -0.140. The Kier molecular flexibility index (Phi) is 21.2. The van der Waals surface area contributed by atoms with Gasteiger partial charge in [-0.25, -0.2) is 0 Å². The van der Waals surface area contributed by atoms with Crippen molar-refractivity contribution in [1.29, 1.82) is 0 Å².